The van der Waals surface area contributed by atoms with Crippen LogP contribution in [-0.2, 0) is 0 Å². The third kappa shape index (κ3) is 3.48. The lowest BCUT2D eigenvalue weighted by atomic mass is 10.1. The van der Waals surface area contributed by atoms with Gasteiger partial charge in [-0.3, -0.25) is 0 Å². The van der Waals surface area contributed by atoms with Crippen LogP contribution in [0.4, 0.5) is 0 Å². The second kappa shape index (κ2) is 6.10. The van der Waals surface area contributed by atoms with Crippen molar-refractivity contribution in [1.82, 2.24) is 5.32 Å². The van der Waals surface area contributed by atoms with E-state index in [0.29, 0.717) is 6.54 Å². The van der Waals surface area contributed by atoms with Crippen LogP contribution in [-0.4, -0.2) is 25.4 Å². The minimum absolute atomic E-state index is 0.151. The van der Waals surface area contributed by atoms with Crippen molar-refractivity contribution in [2.75, 3.05) is 20.3 Å². The second-order valence-electron chi connectivity index (χ2n) is 3.29. The van der Waals surface area contributed by atoms with Gasteiger partial charge < -0.3 is 15.2 Å². The fraction of sp³-hybridized carbons (Fsp3) is 0.455. The summed E-state index contributed by atoms with van der Waals surface area (Å²) in [5, 5.41) is 11.9. The molecule has 1 atom stereocenters. The van der Waals surface area contributed by atoms with Gasteiger partial charge in [0, 0.05) is 17.1 Å². The Morgan fingerprint density at radius 1 is 1.53 bits per heavy atom. The van der Waals surface area contributed by atoms with Crippen LogP contribution in [0, 0.1) is 0 Å². The van der Waals surface area contributed by atoms with Crippen molar-refractivity contribution in [2.45, 2.75) is 13.0 Å². The first-order chi connectivity index (χ1) is 7.19. The third-order valence-corrected chi connectivity index (χ3v) is 2.92. The van der Waals surface area contributed by atoms with Crippen molar-refractivity contribution in [1.29, 1.82) is 0 Å². The molecule has 15 heavy (non-hydrogen) atoms. The quantitative estimate of drug-likeness (QED) is 0.864. The van der Waals surface area contributed by atoms with E-state index in [0.717, 1.165) is 15.8 Å². The molecule has 0 aromatic heterocycles. The van der Waals surface area contributed by atoms with E-state index >= 15 is 0 Å². The van der Waals surface area contributed by atoms with E-state index in [2.05, 4.69) is 28.2 Å². The summed E-state index contributed by atoms with van der Waals surface area (Å²) in [6.45, 7) is 2.81. The minimum atomic E-state index is 0.151. The topological polar surface area (TPSA) is 41.5 Å². The van der Waals surface area contributed by atoms with E-state index in [1.807, 2.05) is 18.2 Å². The fourth-order valence-corrected chi connectivity index (χ4v) is 2.08. The standard InChI is InChI=1S/C11H16BrNO2/c1-8(13-5-6-14)10-4-3-9(15-2)7-11(10)12/h3-4,7-8,13-14H,5-6H2,1-2H3. The summed E-state index contributed by atoms with van der Waals surface area (Å²) in [5.74, 6) is 0.833. The van der Waals surface area contributed by atoms with Crippen LogP contribution in [0.5, 0.6) is 5.75 Å². The lowest BCUT2D eigenvalue weighted by molar-refractivity contribution is 0.286. The number of halogens is 1. The van der Waals surface area contributed by atoms with Crippen LogP contribution in [0.2, 0.25) is 0 Å². The maximum atomic E-state index is 8.72. The molecule has 0 amide bonds. The zero-order chi connectivity index (χ0) is 11.3. The van der Waals surface area contributed by atoms with E-state index in [9.17, 15) is 0 Å². The Bertz CT molecular complexity index is 317. The van der Waals surface area contributed by atoms with Crippen LogP contribution in [0.3, 0.4) is 0 Å². The predicted octanol–water partition coefficient (Wildman–Crippen LogP) is 2.10. The first-order valence-corrected chi connectivity index (χ1v) is 5.66. The van der Waals surface area contributed by atoms with Gasteiger partial charge in [-0.05, 0) is 24.6 Å². The smallest absolute Gasteiger partial charge is 0.120 e. The summed E-state index contributed by atoms with van der Waals surface area (Å²) in [6.07, 6.45) is 0. The summed E-state index contributed by atoms with van der Waals surface area (Å²) in [6, 6.07) is 6.08. The van der Waals surface area contributed by atoms with Gasteiger partial charge in [0.15, 0.2) is 0 Å². The van der Waals surface area contributed by atoms with Crippen molar-refractivity contribution in [3.05, 3.63) is 28.2 Å². The number of ether oxygens (including phenoxy) is 1. The Balaban J connectivity index is 2.76. The second-order valence-corrected chi connectivity index (χ2v) is 4.14. The molecule has 0 bridgehead atoms. The highest BCUT2D eigenvalue weighted by atomic mass is 79.9. The third-order valence-electron chi connectivity index (χ3n) is 2.24. The highest BCUT2D eigenvalue weighted by Crippen LogP contribution is 2.27. The first-order valence-electron chi connectivity index (χ1n) is 4.86. The van der Waals surface area contributed by atoms with E-state index in [1.54, 1.807) is 7.11 Å². The van der Waals surface area contributed by atoms with Crippen LogP contribution in [0.1, 0.15) is 18.5 Å². The highest BCUT2D eigenvalue weighted by Gasteiger charge is 2.08. The maximum Gasteiger partial charge on any atom is 0.120 e. The molecule has 0 saturated carbocycles. The molecule has 1 rings (SSSR count). The molecule has 0 heterocycles. The van der Waals surface area contributed by atoms with Gasteiger partial charge in [-0.25, -0.2) is 0 Å². The number of benzene rings is 1. The largest absolute Gasteiger partial charge is 0.497 e. The number of aliphatic hydroxyl groups is 1. The molecule has 0 saturated heterocycles. The molecule has 0 fully saturated rings. The molecule has 4 heteroatoms. The summed E-state index contributed by atoms with van der Waals surface area (Å²) in [4.78, 5) is 0. The number of nitrogens with one attached hydrogen (secondary N) is 1. The summed E-state index contributed by atoms with van der Waals surface area (Å²) in [7, 11) is 1.65. The number of hydrogen-bond donors (Lipinski definition) is 2. The molecule has 0 spiro atoms. The number of hydrogen-bond acceptors (Lipinski definition) is 3. The van der Waals surface area contributed by atoms with Crippen molar-refractivity contribution < 1.29 is 9.84 Å². The Morgan fingerprint density at radius 2 is 2.27 bits per heavy atom. The average molecular weight is 274 g/mol. The van der Waals surface area contributed by atoms with E-state index < -0.39 is 0 Å². The van der Waals surface area contributed by atoms with Crippen molar-refractivity contribution in [3.8, 4) is 5.75 Å². The minimum Gasteiger partial charge on any atom is -0.497 e. The number of rotatable bonds is 5. The average Bonchev–Trinajstić information content (AvgIpc) is 2.25. The molecular weight excluding hydrogens is 258 g/mol. The summed E-state index contributed by atoms with van der Waals surface area (Å²) in [5.41, 5.74) is 1.16. The zero-order valence-electron chi connectivity index (χ0n) is 8.96. The molecule has 2 N–H and O–H groups in total. The fourth-order valence-electron chi connectivity index (χ4n) is 1.38. The summed E-state index contributed by atoms with van der Waals surface area (Å²) < 4.78 is 6.13. The molecule has 3 nitrogen and oxygen atoms in total. The van der Waals surface area contributed by atoms with Crippen LogP contribution in [0.15, 0.2) is 22.7 Å². The Labute approximate surface area is 98.6 Å². The van der Waals surface area contributed by atoms with Gasteiger partial charge in [0.1, 0.15) is 5.75 Å². The molecule has 0 aliphatic rings. The first kappa shape index (κ1) is 12.5. The predicted molar refractivity (Wildman–Crippen MR) is 64.2 cm³/mol. The van der Waals surface area contributed by atoms with Crippen LogP contribution < -0.4 is 10.1 Å². The SMILES string of the molecule is COc1ccc(C(C)NCCO)c(Br)c1. The van der Waals surface area contributed by atoms with Crippen LogP contribution in [0.25, 0.3) is 0 Å². The van der Waals surface area contributed by atoms with Crippen molar-refractivity contribution >= 4 is 15.9 Å². The molecule has 0 aliphatic carbocycles. The van der Waals surface area contributed by atoms with Gasteiger partial charge in [-0.2, -0.15) is 0 Å². The molecule has 0 aliphatic heterocycles. The lowest BCUT2D eigenvalue weighted by Crippen LogP contribution is -2.22. The molecule has 1 aromatic carbocycles. The molecule has 1 aromatic rings. The normalized spacial score (nSPS) is 12.5. The Hall–Kier alpha value is -0.580. The van der Waals surface area contributed by atoms with E-state index in [4.69, 9.17) is 9.84 Å². The summed E-state index contributed by atoms with van der Waals surface area (Å²) >= 11 is 3.50. The molecular formula is C11H16BrNO2. The van der Waals surface area contributed by atoms with Crippen LogP contribution >= 0.6 is 15.9 Å². The lowest BCUT2D eigenvalue weighted by Gasteiger charge is -2.15. The highest BCUT2D eigenvalue weighted by molar-refractivity contribution is 9.10. The van der Waals surface area contributed by atoms with Crippen molar-refractivity contribution in [3.63, 3.8) is 0 Å². The van der Waals surface area contributed by atoms with Gasteiger partial charge in [-0.15, -0.1) is 0 Å². The Morgan fingerprint density at radius 3 is 2.80 bits per heavy atom. The van der Waals surface area contributed by atoms with Gasteiger partial charge in [0.2, 0.25) is 0 Å². The molecule has 84 valence electrons. The number of aliphatic hydroxyl groups excluding tert-OH is 1. The van der Waals surface area contributed by atoms with E-state index in [1.165, 1.54) is 0 Å². The van der Waals surface area contributed by atoms with Gasteiger partial charge in [0.25, 0.3) is 0 Å². The van der Waals surface area contributed by atoms with Gasteiger partial charge >= 0.3 is 0 Å². The zero-order valence-corrected chi connectivity index (χ0v) is 10.5. The van der Waals surface area contributed by atoms with Gasteiger partial charge in [-0.1, -0.05) is 22.0 Å². The van der Waals surface area contributed by atoms with Crippen molar-refractivity contribution in [2.24, 2.45) is 0 Å². The Kier molecular flexibility index (Phi) is 5.08. The van der Waals surface area contributed by atoms with Gasteiger partial charge in [0.05, 0.1) is 13.7 Å². The molecule has 1 unspecified atom stereocenters. The van der Waals surface area contributed by atoms with E-state index in [-0.39, 0.29) is 12.6 Å². The monoisotopic (exact) mass is 273 g/mol. The molecule has 0 radical (unpaired) electrons. The number of methoxy groups -OCH3 is 1. The maximum absolute atomic E-state index is 8.72.